The maximum absolute atomic E-state index is 8.77. The van der Waals surface area contributed by atoms with Crippen molar-refractivity contribution in [1.29, 1.82) is 5.26 Å². The van der Waals surface area contributed by atoms with Crippen LogP contribution < -0.4 is 11.1 Å². The van der Waals surface area contributed by atoms with Crippen LogP contribution in [-0.2, 0) is 0 Å². The van der Waals surface area contributed by atoms with Crippen LogP contribution in [0.1, 0.15) is 24.0 Å². The Morgan fingerprint density at radius 3 is 2.13 bits per heavy atom. The van der Waals surface area contributed by atoms with E-state index in [-0.39, 0.29) is 5.54 Å². The van der Waals surface area contributed by atoms with E-state index >= 15 is 0 Å². The molecule has 23 heavy (non-hydrogen) atoms. The molecule has 2 unspecified atom stereocenters. The highest BCUT2D eigenvalue weighted by Crippen LogP contribution is 2.30. The van der Waals surface area contributed by atoms with Gasteiger partial charge in [-0.1, -0.05) is 12.1 Å². The standard InChI is InChI=1S/C18H19N5/c1-18(20)12-21-11-17(18)14-4-8-16(9-5-14)23-22-15-6-2-13(10-19)3-7-15/h2-9,17,21H,11-12,20H2,1H3. The first-order chi connectivity index (χ1) is 11.1. The number of benzene rings is 2. The third kappa shape index (κ3) is 3.45. The second-order valence-corrected chi connectivity index (χ2v) is 6.14. The highest BCUT2D eigenvalue weighted by atomic mass is 15.1. The van der Waals surface area contributed by atoms with Crippen LogP contribution in [0.3, 0.4) is 0 Å². The van der Waals surface area contributed by atoms with Gasteiger partial charge in [-0.3, -0.25) is 0 Å². The fourth-order valence-corrected chi connectivity index (χ4v) is 2.83. The maximum atomic E-state index is 8.77. The molecule has 5 nitrogen and oxygen atoms in total. The van der Waals surface area contributed by atoms with Crippen LogP contribution in [-0.4, -0.2) is 18.6 Å². The molecule has 1 aliphatic rings. The Bertz CT molecular complexity index is 738. The molecule has 3 rings (SSSR count). The van der Waals surface area contributed by atoms with Crippen LogP contribution in [0.2, 0.25) is 0 Å². The van der Waals surface area contributed by atoms with Gasteiger partial charge in [0.15, 0.2) is 0 Å². The van der Waals surface area contributed by atoms with E-state index < -0.39 is 0 Å². The van der Waals surface area contributed by atoms with Gasteiger partial charge < -0.3 is 11.1 Å². The Morgan fingerprint density at radius 2 is 1.65 bits per heavy atom. The van der Waals surface area contributed by atoms with Gasteiger partial charge in [-0.2, -0.15) is 15.5 Å². The molecule has 0 aromatic heterocycles. The number of nitriles is 1. The van der Waals surface area contributed by atoms with E-state index in [0.717, 1.165) is 24.5 Å². The molecule has 3 N–H and O–H groups in total. The average Bonchev–Trinajstić information content (AvgIpc) is 2.93. The SMILES string of the molecule is CC1(N)CNCC1c1ccc(N=Nc2ccc(C#N)cc2)cc1. The summed E-state index contributed by atoms with van der Waals surface area (Å²) in [6.07, 6.45) is 0. The van der Waals surface area contributed by atoms with E-state index in [4.69, 9.17) is 11.0 Å². The molecule has 1 heterocycles. The van der Waals surface area contributed by atoms with Gasteiger partial charge in [-0.15, -0.1) is 0 Å². The van der Waals surface area contributed by atoms with Gasteiger partial charge in [-0.25, -0.2) is 0 Å². The molecule has 0 aliphatic carbocycles. The Kier molecular flexibility index (Phi) is 4.20. The van der Waals surface area contributed by atoms with Gasteiger partial charge in [0.1, 0.15) is 0 Å². The zero-order valence-corrected chi connectivity index (χ0v) is 13.0. The summed E-state index contributed by atoms with van der Waals surface area (Å²) >= 11 is 0. The largest absolute Gasteiger partial charge is 0.324 e. The summed E-state index contributed by atoms with van der Waals surface area (Å²) < 4.78 is 0. The Balaban J connectivity index is 1.72. The first-order valence-electron chi connectivity index (χ1n) is 7.60. The lowest BCUT2D eigenvalue weighted by atomic mass is 9.84. The number of nitrogens with one attached hydrogen (secondary N) is 1. The normalized spacial score (nSPS) is 24.0. The van der Waals surface area contributed by atoms with Crippen molar-refractivity contribution >= 4 is 11.4 Å². The molecule has 0 bridgehead atoms. The summed E-state index contributed by atoms with van der Waals surface area (Å²) in [7, 11) is 0. The van der Waals surface area contributed by atoms with E-state index in [0.29, 0.717) is 11.5 Å². The summed E-state index contributed by atoms with van der Waals surface area (Å²) in [5.41, 5.74) is 9.46. The summed E-state index contributed by atoms with van der Waals surface area (Å²) in [5, 5.41) is 20.5. The van der Waals surface area contributed by atoms with E-state index in [1.165, 1.54) is 5.56 Å². The van der Waals surface area contributed by atoms with Crippen molar-refractivity contribution in [1.82, 2.24) is 5.32 Å². The fourth-order valence-electron chi connectivity index (χ4n) is 2.83. The molecule has 0 saturated carbocycles. The van der Waals surface area contributed by atoms with Crippen molar-refractivity contribution in [2.24, 2.45) is 16.0 Å². The van der Waals surface area contributed by atoms with E-state index in [1.807, 2.05) is 12.1 Å². The molecular weight excluding hydrogens is 286 g/mol. The third-order valence-electron chi connectivity index (χ3n) is 4.22. The zero-order chi connectivity index (χ0) is 16.3. The van der Waals surface area contributed by atoms with Gasteiger partial charge in [0.25, 0.3) is 0 Å². The maximum Gasteiger partial charge on any atom is 0.0991 e. The van der Waals surface area contributed by atoms with E-state index in [1.54, 1.807) is 24.3 Å². The van der Waals surface area contributed by atoms with E-state index in [9.17, 15) is 0 Å². The highest BCUT2D eigenvalue weighted by molar-refractivity contribution is 5.44. The van der Waals surface area contributed by atoms with Crippen molar-refractivity contribution in [3.8, 4) is 6.07 Å². The molecule has 1 saturated heterocycles. The van der Waals surface area contributed by atoms with Crippen molar-refractivity contribution in [3.63, 3.8) is 0 Å². The smallest absolute Gasteiger partial charge is 0.0991 e. The van der Waals surface area contributed by atoms with Gasteiger partial charge in [0.05, 0.1) is 23.0 Å². The average molecular weight is 305 g/mol. The molecule has 2 aromatic rings. The van der Waals surface area contributed by atoms with Crippen LogP contribution in [0, 0.1) is 11.3 Å². The van der Waals surface area contributed by atoms with Crippen LogP contribution in [0.4, 0.5) is 11.4 Å². The van der Waals surface area contributed by atoms with Crippen LogP contribution in [0.5, 0.6) is 0 Å². The third-order valence-corrected chi connectivity index (χ3v) is 4.22. The summed E-state index contributed by atoms with van der Waals surface area (Å²) in [6.45, 7) is 3.81. The van der Waals surface area contributed by atoms with Gasteiger partial charge in [0, 0.05) is 24.5 Å². The summed E-state index contributed by atoms with van der Waals surface area (Å²) in [4.78, 5) is 0. The molecule has 2 atom stereocenters. The number of azo groups is 1. The van der Waals surface area contributed by atoms with Gasteiger partial charge in [-0.05, 0) is 48.9 Å². The monoisotopic (exact) mass is 305 g/mol. The lowest BCUT2D eigenvalue weighted by Gasteiger charge is -2.26. The van der Waals surface area contributed by atoms with E-state index in [2.05, 4.69) is 40.7 Å². The van der Waals surface area contributed by atoms with Gasteiger partial charge in [0.2, 0.25) is 0 Å². The predicted octanol–water partition coefficient (Wildman–Crippen LogP) is 3.38. The Hall–Kier alpha value is -2.55. The molecule has 0 radical (unpaired) electrons. The van der Waals surface area contributed by atoms with Crippen molar-refractivity contribution in [2.75, 3.05) is 13.1 Å². The molecule has 1 fully saturated rings. The van der Waals surface area contributed by atoms with Crippen LogP contribution in [0.15, 0.2) is 58.8 Å². The van der Waals surface area contributed by atoms with Crippen molar-refractivity contribution in [3.05, 3.63) is 59.7 Å². The van der Waals surface area contributed by atoms with Crippen molar-refractivity contribution in [2.45, 2.75) is 18.4 Å². The fraction of sp³-hybridized carbons (Fsp3) is 0.278. The van der Waals surface area contributed by atoms with Crippen LogP contribution in [0.25, 0.3) is 0 Å². The lowest BCUT2D eigenvalue weighted by Crippen LogP contribution is -2.42. The first-order valence-corrected chi connectivity index (χ1v) is 7.60. The molecule has 116 valence electrons. The molecule has 0 amide bonds. The van der Waals surface area contributed by atoms with Crippen LogP contribution >= 0.6 is 0 Å². The summed E-state index contributed by atoms with van der Waals surface area (Å²) in [6, 6.07) is 17.1. The number of nitrogens with two attached hydrogens (primary N) is 1. The quantitative estimate of drug-likeness (QED) is 0.852. The number of nitrogens with zero attached hydrogens (tertiary/aromatic N) is 3. The minimum absolute atomic E-state index is 0.217. The number of hydrogen-bond acceptors (Lipinski definition) is 5. The highest BCUT2D eigenvalue weighted by Gasteiger charge is 2.35. The second-order valence-electron chi connectivity index (χ2n) is 6.14. The molecule has 0 spiro atoms. The second kappa shape index (κ2) is 6.29. The molecule has 2 aromatic carbocycles. The first kappa shape index (κ1) is 15.3. The Morgan fingerprint density at radius 1 is 1.09 bits per heavy atom. The summed E-state index contributed by atoms with van der Waals surface area (Å²) in [5.74, 6) is 0.312. The van der Waals surface area contributed by atoms with Crippen molar-refractivity contribution < 1.29 is 0 Å². The molecule has 1 aliphatic heterocycles. The number of rotatable bonds is 3. The molecule has 5 heteroatoms. The Labute approximate surface area is 135 Å². The minimum Gasteiger partial charge on any atom is -0.324 e. The predicted molar refractivity (Wildman–Crippen MR) is 90.0 cm³/mol. The minimum atomic E-state index is -0.217. The molecular formula is C18H19N5. The topological polar surface area (TPSA) is 86.6 Å². The zero-order valence-electron chi connectivity index (χ0n) is 13.0. The lowest BCUT2D eigenvalue weighted by molar-refractivity contribution is 0.462. The number of hydrogen-bond donors (Lipinski definition) is 2. The van der Waals surface area contributed by atoms with Gasteiger partial charge >= 0.3 is 0 Å².